The molecule has 0 aromatic heterocycles. The molecule has 15 heavy (non-hydrogen) atoms. The minimum atomic E-state index is 0.488. The molecular formula is C12H17NOS. The van der Waals surface area contributed by atoms with Crippen LogP contribution in [0.25, 0.3) is 0 Å². The number of benzene rings is 1. The molecule has 2 rings (SSSR count). The first-order chi connectivity index (χ1) is 7.24. The Morgan fingerprint density at radius 2 is 2.27 bits per heavy atom. The number of hydrogen-bond donors (Lipinski definition) is 1. The van der Waals surface area contributed by atoms with Crippen LogP contribution < -0.4 is 10.1 Å². The summed E-state index contributed by atoms with van der Waals surface area (Å²) in [5, 5.41) is 4.04. The van der Waals surface area contributed by atoms with Crippen LogP contribution in [-0.2, 0) is 0 Å². The number of thioether (sulfide) groups is 1. The molecule has 2 unspecified atom stereocenters. The average Bonchev–Trinajstić information content (AvgIpc) is 2.26. The van der Waals surface area contributed by atoms with Gasteiger partial charge in [-0.15, -0.1) is 11.8 Å². The maximum Gasteiger partial charge on any atom is 0.119 e. The van der Waals surface area contributed by atoms with E-state index in [4.69, 9.17) is 4.74 Å². The van der Waals surface area contributed by atoms with Gasteiger partial charge in [0.25, 0.3) is 0 Å². The fourth-order valence-corrected chi connectivity index (χ4v) is 3.28. The van der Waals surface area contributed by atoms with Gasteiger partial charge < -0.3 is 10.1 Å². The Bertz CT molecular complexity index is 353. The number of hydrogen-bond acceptors (Lipinski definition) is 3. The monoisotopic (exact) mass is 223 g/mol. The topological polar surface area (TPSA) is 21.3 Å². The van der Waals surface area contributed by atoms with E-state index >= 15 is 0 Å². The average molecular weight is 223 g/mol. The first-order valence-electron chi connectivity index (χ1n) is 5.26. The third kappa shape index (κ3) is 2.13. The van der Waals surface area contributed by atoms with Gasteiger partial charge in [0.05, 0.1) is 7.11 Å². The fraction of sp³-hybridized carbons (Fsp3) is 0.500. The molecule has 1 aromatic carbocycles. The summed E-state index contributed by atoms with van der Waals surface area (Å²) in [4.78, 5) is 1.35. The molecule has 0 saturated carbocycles. The first kappa shape index (κ1) is 10.8. The van der Waals surface area contributed by atoms with Crippen LogP contribution >= 0.6 is 11.8 Å². The lowest BCUT2D eigenvalue weighted by atomic mass is 10.0. The highest BCUT2D eigenvalue weighted by atomic mass is 32.2. The summed E-state index contributed by atoms with van der Waals surface area (Å²) in [5.41, 5.74) is 1.40. The third-order valence-corrected chi connectivity index (χ3v) is 4.04. The number of ether oxygens (including phenoxy) is 1. The Labute approximate surface area is 95.4 Å². The SMILES string of the molecule is CNC1CC(C)Sc2cc(OC)ccc21. The molecule has 3 heteroatoms. The molecule has 0 fully saturated rings. The second-order valence-corrected chi connectivity index (χ2v) is 5.39. The Kier molecular flexibility index (Phi) is 3.22. The van der Waals surface area contributed by atoms with Crippen molar-refractivity contribution in [2.24, 2.45) is 0 Å². The highest BCUT2D eigenvalue weighted by Gasteiger charge is 2.24. The lowest BCUT2D eigenvalue weighted by molar-refractivity contribution is 0.412. The molecule has 0 bridgehead atoms. The lowest BCUT2D eigenvalue weighted by Gasteiger charge is -2.29. The molecule has 1 aromatic rings. The van der Waals surface area contributed by atoms with Crippen LogP contribution in [0.3, 0.4) is 0 Å². The van der Waals surface area contributed by atoms with Gasteiger partial charge in [-0.2, -0.15) is 0 Å². The third-order valence-electron chi connectivity index (χ3n) is 2.84. The standard InChI is InChI=1S/C12H17NOS/c1-8-6-11(13-2)10-5-4-9(14-3)7-12(10)15-8/h4-5,7-8,11,13H,6H2,1-3H3. The molecule has 0 spiro atoms. The van der Waals surface area contributed by atoms with Gasteiger partial charge in [-0.3, -0.25) is 0 Å². The molecule has 82 valence electrons. The van der Waals surface area contributed by atoms with Crippen molar-refractivity contribution in [3.8, 4) is 5.75 Å². The molecule has 1 aliphatic heterocycles. The summed E-state index contributed by atoms with van der Waals surface area (Å²) < 4.78 is 5.25. The fourth-order valence-electron chi connectivity index (χ4n) is 2.03. The van der Waals surface area contributed by atoms with Crippen molar-refractivity contribution >= 4 is 11.8 Å². The zero-order valence-corrected chi connectivity index (χ0v) is 10.2. The number of fused-ring (bicyclic) bond motifs is 1. The molecular weight excluding hydrogens is 206 g/mol. The van der Waals surface area contributed by atoms with Crippen molar-refractivity contribution in [3.05, 3.63) is 23.8 Å². The molecule has 0 aliphatic carbocycles. The molecule has 0 radical (unpaired) electrons. The summed E-state index contributed by atoms with van der Waals surface area (Å²) in [6.07, 6.45) is 1.19. The van der Waals surface area contributed by atoms with Crippen molar-refractivity contribution in [1.29, 1.82) is 0 Å². The van der Waals surface area contributed by atoms with Crippen LogP contribution in [0, 0.1) is 0 Å². The minimum absolute atomic E-state index is 0.488. The van der Waals surface area contributed by atoms with Gasteiger partial charge in [0, 0.05) is 16.2 Å². The van der Waals surface area contributed by atoms with E-state index in [9.17, 15) is 0 Å². The van der Waals surface area contributed by atoms with Gasteiger partial charge >= 0.3 is 0 Å². The Balaban J connectivity index is 2.37. The quantitative estimate of drug-likeness (QED) is 0.833. The van der Waals surface area contributed by atoms with Gasteiger partial charge in [0.1, 0.15) is 5.75 Å². The van der Waals surface area contributed by atoms with Crippen molar-refractivity contribution in [2.75, 3.05) is 14.2 Å². The maximum absolute atomic E-state index is 5.25. The van der Waals surface area contributed by atoms with Crippen molar-refractivity contribution in [2.45, 2.75) is 29.5 Å². The van der Waals surface area contributed by atoms with E-state index in [1.54, 1.807) is 7.11 Å². The first-order valence-corrected chi connectivity index (χ1v) is 6.14. The van der Waals surface area contributed by atoms with E-state index in [0.29, 0.717) is 11.3 Å². The molecule has 1 heterocycles. The van der Waals surface area contributed by atoms with E-state index in [0.717, 1.165) is 5.75 Å². The molecule has 1 aliphatic rings. The summed E-state index contributed by atoms with van der Waals surface area (Å²) in [5.74, 6) is 0.949. The largest absolute Gasteiger partial charge is 0.497 e. The second-order valence-electron chi connectivity index (χ2n) is 3.91. The summed E-state index contributed by atoms with van der Waals surface area (Å²) in [6, 6.07) is 6.84. The van der Waals surface area contributed by atoms with E-state index in [-0.39, 0.29) is 0 Å². The summed E-state index contributed by atoms with van der Waals surface area (Å²) in [7, 11) is 3.75. The van der Waals surface area contributed by atoms with E-state index in [1.165, 1.54) is 16.9 Å². The minimum Gasteiger partial charge on any atom is -0.497 e. The number of rotatable bonds is 2. The molecule has 0 saturated heterocycles. The van der Waals surface area contributed by atoms with E-state index in [1.807, 2.05) is 24.9 Å². The smallest absolute Gasteiger partial charge is 0.119 e. The van der Waals surface area contributed by atoms with Gasteiger partial charge in [0.2, 0.25) is 0 Å². The van der Waals surface area contributed by atoms with Crippen molar-refractivity contribution in [1.82, 2.24) is 5.32 Å². The van der Waals surface area contributed by atoms with Gasteiger partial charge in [-0.1, -0.05) is 13.0 Å². The zero-order chi connectivity index (χ0) is 10.8. The van der Waals surface area contributed by atoms with Crippen LogP contribution in [0.4, 0.5) is 0 Å². The van der Waals surface area contributed by atoms with Crippen LogP contribution in [0.15, 0.2) is 23.1 Å². The number of methoxy groups -OCH3 is 1. The predicted molar refractivity (Wildman–Crippen MR) is 64.7 cm³/mol. The zero-order valence-electron chi connectivity index (χ0n) is 9.41. The van der Waals surface area contributed by atoms with Crippen LogP contribution in [0.2, 0.25) is 0 Å². The van der Waals surface area contributed by atoms with E-state index < -0.39 is 0 Å². The van der Waals surface area contributed by atoms with Crippen LogP contribution in [0.1, 0.15) is 24.9 Å². The normalized spacial score (nSPS) is 24.7. The molecule has 2 atom stereocenters. The summed E-state index contributed by atoms with van der Waals surface area (Å²) in [6.45, 7) is 2.28. The Morgan fingerprint density at radius 3 is 2.93 bits per heavy atom. The van der Waals surface area contributed by atoms with Crippen molar-refractivity contribution < 1.29 is 4.74 Å². The Morgan fingerprint density at radius 1 is 1.47 bits per heavy atom. The number of nitrogens with one attached hydrogen (secondary N) is 1. The predicted octanol–water partition coefficient (Wildman–Crippen LogP) is 2.84. The van der Waals surface area contributed by atoms with E-state index in [2.05, 4.69) is 24.4 Å². The molecule has 2 nitrogen and oxygen atoms in total. The van der Waals surface area contributed by atoms with Gasteiger partial charge in [-0.25, -0.2) is 0 Å². The van der Waals surface area contributed by atoms with Gasteiger partial charge in [0.15, 0.2) is 0 Å². The molecule has 1 N–H and O–H groups in total. The van der Waals surface area contributed by atoms with Crippen LogP contribution in [-0.4, -0.2) is 19.4 Å². The maximum atomic E-state index is 5.25. The lowest BCUT2D eigenvalue weighted by Crippen LogP contribution is -2.23. The highest BCUT2D eigenvalue weighted by Crippen LogP contribution is 2.41. The molecule has 0 amide bonds. The highest BCUT2D eigenvalue weighted by molar-refractivity contribution is 8.00. The Hall–Kier alpha value is -0.670. The van der Waals surface area contributed by atoms with Gasteiger partial charge in [-0.05, 0) is 31.2 Å². The van der Waals surface area contributed by atoms with Crippen LogP contribution in [0.5, 0.6) is 5.75 Å². The van der Waals surface area contributed by atoms with Crippen molar-refractivity contribution in [3.63, 3.8) is 0 Å². The summed E-state index contributed by atoms with van der Waals surface area (Å²) >= 11 is 1.94. The second kappa shape index (κ2) is 4.45.